The predicted molar refractivity (Wildman–Crippen MR) is 73.5 cm³/mol. The standard InChI is InChI=1S/C12H14N6O2/c1-7(16-20-2)8-4-3-5-9(6-8)18-11(13)10(12(14)19)15-17-18/h3-6H,13H2,1-2H3,(H2,14,19). The molecule has 0 unspecified atom stereocenters. The van der Waals surface area contributed by atoms with Gasteiger partial charge in [0.1, 0.15) is 7.11 Å². The molecule has 0 spiro atoms. The Hall–Kier alpha value is -2.90. The molecule has 1 aromatic heterocycles. The van der Waals surface area contributed by atoms with Gasteiger partial charge in [-0.2, -0.15) is 4.68 Å². The summed E-state index contributed by atoms with van der Waals surface area (Å²) in [4.78, 5) is 15.8. The van der Waals surface area contributed by atoms with Crippen LogP contribution < -0.4 is 11.5 Å². The second kappa shape index (κ2) is 5.39. The molecule has 0 fully saturated rings. The van der Waals surface area contributed by atoms with Crippen LogP contribution in [0, 0.1) is 0 Å². The molecular formula is C12H14N6O2. The van der Waals surface area contributed by atoms with E-state index in [0.717, 1.165) is 5.56 Å². The van der Waals surface area contributed by atoms with Crippen LogP contribution in [0.1, 0.15) is 23.0 Å². The molecule has 8 nitrogen and oxygen atoms in total. The Morgan fingerprint density at radius 1 is 1.45 bits per heavy atom. The number of aromatic nitrogens is 3. The Labute approximate surface area is 115 Å². The quantitative estimate of drug-likeness (QED) is 0.614. The van der Waals surface area contributed by atoms with E-state index < -0.39 is 5.91 Å². The van der Waals surface area contributed by atoms with Crippen LogP contribution in [-0.2, 0) is 4.84 Å². The van der Waals surface area contributed by atoms with Crippen LogP contribution in [0.5, 0.6) is 0 Å². The van der Waals surface area contributed by atoms with E-state index in [-0.39, 0.29) is 11.5 Å². The van der Waals surface area contributed by atoms with Crippen molar-refractivity contribution < 1.29 is 9.63 Å². The minimum Gasteiger partial charge on any atom is -0.399 e. The number of hydrogen-bond acceptors (Lipinski definition) is 6. The van der Waals surface area contributed by atoms with Crippen molar-refractivity contribution in [2.75, 3.05) is 12.8 Å². The first-order valence-electron chi connectivity index (χ1n) is 5.74. The van der Waals surface area contributed by atoms with Crippen molar-refractivity contribution in [3.05, 3.63) is 35.5 Å². The van der Waals surface area contributed by atoms with Crippen LogP contribution in [0.4, 0.5) is 5.82 Å². The molecule has 8 heteroatoms. The summed E-state index contributed by atoms with van der Waals surface area (Å²) in [6, 6.07) is 7.25. The van der Waals surface area contributed by atoms with E-state index in [4.69, 9.17) is 16.3 Å². The van der Waals surface area contributed by atoms with Gasteiger partial charge in [0.2, 0.25) is 0 Å². The molecule has 1 heterocycles. The van der Waals surface area contributed by atoms with E-state index in [1.807, 2.05) is 19.1 Å². The summed E-state index contributed by atoms with van der Waals surface area (Å²) in [5, 5.41) is 11.3. The van der Waals surface area contributed by atoms with Crippen molar-refractivity contribution in [1.82, 2.24) is 15.0 Å². The van der Waals surface area contributed by atoms with E-state index in [1.54, 1.807) is 12.1 Å². The van der Waals surface area contributed by atoms with Crippen molar-refractivity contribution in [2.24, 2.45) is 10.9 Å². The highest BCUT2D eigenvalue weighted by Gasteiger charge is 2.15. The predicted octanol–water partition coefficient (Wildman–Crippen LogP) is 0.319. The first-order chi connectivity index (χ1) is 9.54. The van der Waals surface area contributed by atoms with Gasteiger partial charge in [-0.05, 0) is 19.1 Å². The Bertz CT molecular complexity index is 676. The summed E-state index contributed by atoms with van der Waals surface area (Å²) < 4.78 is 1.34. The molecule has 0 aliphatic heterocycles. The highest BCUT2D eigenvalue weighted by molar-refractivity contribution is 5.99. The fraction of sp³-hybridized carbons (Fsp3) is 0.167. The number of nitrogens with two attached hydrogens (primary N) is 2. The van der Waals surface area contributed by atoms with Gasteiger partial charge in [-0.1, -0.05) is 22.5 Å². The molecule has 4 N–H and O–H groups in total. The number of carbonyl (C=O) groups is 1. The average Bonchev–Trinajstić information content (AvgIpc) is 2.81. The van der Waals surface area contributed by atoms with E-state index in [2.05, 4.69) is 15.5 Å². The minimum absolute atomic E-state index is 0.0577. The number of carbonyl (C=O) groups excluding carboxylic acids is 1. The maximum Gasteiger partial charge on any atom is 0.273 e. The summed E-state index contributed by atoms with van der Waals surface area (Å²) in [5.41, 5.74) is 13.1. The number of hydrogen-bond donors (Lipinski definition) is 2. The first kappa shape index (κ1) is 13.5. The van der Waals surface area contributed by atoms with E-state index in [1.165, 1.54) is 11.8 Å². The lowest BCUT2D eigenvalue weighted by atomic mass is 10.1. The van der Waals surface area contributed by atoms with Crippen molar-refractivity contribution >= 4 is 17.4 Å². The lowest BCUT2D eigenvalue weighted by Gasteiger charge is -2.05. The number of nitrogen functional groups attached to an aromatic ring is 1. The molecule has 0 saturated heterocycles. The zero-order chi connectivity index (χ0) is 14.7. The van der Waals surface area contributed by atoms with Crippen molar-refractivity contribution in [1.29, 1.82) is 0 Å². The monoisotopic (exact) mass is 274 g/mol. The molecular weight excluding hydrogens is 260 g/mol. The Kier molecular flexibility index (Phi) is 3.65. The number of benzene rings is 1. The molecule has 1 amide bonds. The van der Waals surface area contributed by atoms with Gasteiger partial charge in [0, 0.05) is 5.56 Å². The lowest BCUT2D eigenvalue weighted by molar-refractivity contribution is 0.0996. The number of primary amides is 1. The average molecular weight is 274 g/mol. The highest BCUT2D eigenvalue weighted by Crippen LogP contribution is 2.16. The third-order valence-electron chi connectivity index (χ3n) is 2.68. The van der Waals surface area contributed by atoms with Gasteiger partial charge in [-0.25, -0.2) is 0 Å². The van der Waals surface area contributed by atoms with E-state index in [0.29, 0.717) is 11.4 Å². The largest absolute Gasteiger partial charge is 0.399 e. The smallest absolute Gasteiger partial charge is 0.273 e. The van der Waals surface area contributed by atoms with Gasteiger partial charge in [0.15, 0.2) is 11.5 Å². The van der Waals surface area contributed by atoms with Crippen molar-refractivity contribution in [2.45, 2.75) is 6.92 Å². The molecule has 2 aromatic rings. The first-order valence-corrected chi connectivity index (χ1v) is 5.74. The van der Waals surface area contributed by atoms with Gasteiger partial charge in [0.05, 0.1) is 11.4 Å². The van der Waals surface area contributed by atoms with Gasteiger partial charge in [0.25, 0.3) is 5.91 Å². The van der Waals surface area contributed by atoms with Crippen LogP contribution in [0.3, 0.4) is 0 Å². The zero-order valence-electron chi connectivity index (χ0n) is 11.1. The van der Waals surface area contributed by atoms with Gasteiger partial charge in [-0.3, -0.25) is 4.79 Å². The summed E-state index contributed by atoms with van der Waals surface area (Å²) >= 11 is 0. The zero-order valence-corrected chi connectivity index (χ0v) is 11.1. The third-order valence-corrected chi connectivity index (χ3v) is 2.68. The second-order valence-corrected chi connectivity index (χ2v) is 4.01. The summed E-state index contributed by atoms with van der Waals surface area (Å²) in [5.74, 6) is -0.627. The van der Waals surface area contributed by atoms with Crippen LogP contribution in [0.2, 0.25) is 0 Å². The third kappa shape index (κ3) is 2.44. The Balaban J connectivity index is 2.46. The SMILES string of the molecule is CON=C(C)c1cccc(-n2nnc(C(N)=O)c2N)c1. The van der Waals surface area contributed by atoms with Gasteiger partial charge in [-0.15, -0.1) is 5.10 Å². The molecule has 2 rings (SSSR count). The summed E-state index contributed by atoms with van der Waals surface area (Å²) in [7, 11) is 1.47. The summed E-state index contributed by atoms with van der Waals surface area (Å²) in [6.07, 6.45) is 0. The number of amides is 1. The van der Waals surface area contributed by atoms with Crippen LogP contribution >= 0.6 is 0 Å². The van der Waals surface area contributed by atoms with Crippen molar-refractivity contribution in [3.8, 4) is 5.69 Å². The molecule has 0 bridgehead atoms. The molecule has 1 aromatic carbocycles. The van der Waals surface area contributed by atoms with E-state index >= 15 is 0 Å². The number of rotatable bonds is 4. The molecule has 104 valence electrons. The molecule has 0 saturated carbocycles. The topological polar surface area (TPSA) is 121 Å². The normalized spacial score (nSPS) is 11.4. The van der Waals surface area contributed by atoms with Crippen LogP contribution in [0.25, 0.3) is 5.69 Å². The number of nitrogens with zero attached hydrogens (tertiary/aromatic N) is 4. The molecule has 0 atom stereocenters. The molecule has 0 aliphatic carbocycles. The van der Waals surface area contributed by atoms with Gasteiger partial charge < -0.3 is 16.3 Å². The fourth-order valence-electron chi connectivity index (χ4n) is 1.71. The molecule has 0 aliphatic rings. The molecule has 0 radical (unpaired) electrons. The summed E-state index contributed by atoms with van der Waals surface area (Å²) in [6.45, 7) is 1.81. The lowest BCUT2D eigenvalue weighted by Crippen LogP contribution is -2.14. The van der Waals surface area contributed by atoms with Crippen molar-refractivity contribution in [3.63, 3.8) is 0 Å². The highest BCUT2D eigenvalue weighted by atomic mass is 16.6. The molecule has 20 heavy (non-hydrogen) atoms. The van der Waals surface area contributed by atoms with Crippen LogP contribution in [-0.4, -0.2) is 33.7 Å². The number of oxime groups is 1. The van der Waals surface area contributed by atoms with Gasteiger partial charge >= 0.3 is 0 Å². The Morgan fingerprint density at radius 2 is 2.20 bits per heavy atom. The minimum atomic E-state index is -0.720. The van der Waals surface area contributed by atoms with E-state index in [9.17, 15) is 4.79 Å². The maximum absolute atomic E-state index is 11.1. The second-order valence-electron chi connectivity index (χ2n) is 4.01. The fourth-order valence-corrected chi connectivity index (χ4v) is 1.71. The van der Waals surface area contributed by atoms with Crippen LogP contribution in [0.15, 0.2) is 29.4 Å². The Morgan fingerprint density at radius 3 is 2.80 bits per heavy atom. The number of anilines is 1. The maximum atomic E-state index is 11.1.